The van der Waals surface area contributed by atoms with Gasteiger partial charge >= 0.3 is 0 Å². The van der Waals surface area contributed by atoms with Crippen molar-refractivity contribution in [3.8, 4) is 11.8 Å². The van der Waals surface area contributed by atoms with E-state index in [1.54, 1.807) is 0 Å². The largest absolute Gasteiger partial charge is 0.389 e. The van der Waals surface area contributed by atoms with E-state index < -0.39 is 12.2 Å². The zero-order chi connectivity index (χ0) is 18.6. The van der Waals surface area contributed by atoms with Gasteiger partial charge in [-0.15, -0.1) is 0 Å². The van der Waals surface area contributed by atoms with Gasteiger partial charge in [-0.3, -0.25) is 9.63 Å². The lowest BCUT2D eigenvalue weighted by Gasteiger charge is -2.25. The predicted octanol–water partition coefficient (Wildman–Crippen LogP) is -0.0941. The maximum absolute atomic E-state index is 12.0. The number of hydrogen-bond acceptors (Lipinski definition) is 4. The van der Waals surface area contributed by atoms with E-state index in [0.717, 1.165) is 5.82 Å². The Morgan fingerprint density at radius 2 is 2.12 bits per heavy atom. The minimum atomic E-state index is -0.733. The van der Waals surface area contributed by atoms with E-state index in [-0.39, 0.29) is 24.4 Å². The van der Waals surface area contributed by atoms with Crippen LogP contribution in [0.5, 0.6) is 0 Å². The molecule has 25 heavy (non-hydrogen) atoms. The Morgan fingerprint density at radius 1 is 1.44 bits per heavy atom. The molecule has 2 N–H and O–H groups in total. The average molecular weight is 349 g/mol. The molecule has 138 valence electrons. The van der Waals surface area contributed by atoms with E-state index in [2.05, 4.69) is 17.2 Å². The molecule has 7 heteroatoms. The summed E-state index contributed by atoms with van der Waals surface area (Å²) in [6, 6.07) is 0. The molecule has 1 aromatic heterocycles. The number of hydrogen-bond donors (Lipinski definition) is 2. The maximum Gasteiger partial charge on any atom is 0.253 e. The lowest BCUT2D eigenvalue weighted by molar-refractivity contribution is -0.677. The highest BCUT2D eigenvalue weighted by Gasteiger charge is 2.35. The van der Waals surface area contributed by atoms with Crippen LogP contribution in [0.4, 0.5) is 0 Å². The van der Waals surface area contributed by atoms with Crippen LogP contribution in [0.3, 0.4) is 0 Å². The Balaban J connectivity index is 1.81. The highest BCUT2D eigenvalue weighted by atomic mass is 16.7. The molecule has 1 aromatic rings. The number of aromatic nitrogens is 2. The average Bonchev–Trinajstić information content (AvgIpc) is 3.05. The number of nitrogens with zero attached hydrogens (tertiary/aromatic N) is 3. The summed E-state index contributed by atoms with van der Waals surface area (Å²) in [6.45, 7) is 9.24. The summed E-state index contributed by atoms with van der Waals surface area (Å²) in [5.74, 6) is 6.97. The van der Waals surface area contributed by atoms with Gasteiger partial charge in [0.1, 0.15) is 25.0 Å². The van der Waals surface area contributed by atoms with Crippen LogP contribution in [0.25, 0.3) is 0 Å². The van der Waals surface area contributed by atoms with Crippen molar-refractivity contribution < 1.29 is 19.3 Å². The number of carbonyl (C=O) groups excluding carboxylic acids is 1. The highest BCUT2D eigenvalue weighted by molar-refractivity contribution is 5.77. The Morgan fingerprint density at radius 3 is 2.72 bits per heavy atom. The summed E-state index contributed by atoms with van der Waals surface area (Å²) in [6.07, 6.45) is 2.87. The van der Waals surface area contributed by atoms with E-state index in [4.69, 9.17) is 4.84 Å². The standard InChI is InChI=1S/C18H29N4O3/c1-14-20(5)10-11-21(14)8-6-7-9-22-17(24)12-16(25-22)15(23)13-19-18(2,3)4/h10-11,15-16,19,23H,8-9,12-13H2,1-5H3/q+1. The fourth-order valence-electron chi connectivity index (χ4n) is 2.44. The number of amides is 1. The summed E-state index contributed by atoms with van der Waals surface area (Å²) >= 11 is 0. The van der Waals surface area contributed by atoms with Gasteiger partial charge in [0.15, 0.2) is 6.54 Å². The summed E-state index contributed by atoms with van der Waals surface area (Å²) < 4.78 is 4.05. The first-order valence-corrected chi connectivity index (χ1v) is 8.54. The van der Waals surface area contributed by atoms with Gasteiger partial charge in [0.2, 0.25) is 5.91 Å². The number of aliphatic hydroxyl groups is 1. The Bertz CT molecular complexity index is 666. The normalized spacial score (nSPS) is 19.0. The number of aryl methyl sites for hydroxylation is 1. The lowest BCUT2D eigenvalue weighted by atomic mass is 10.1. The topological polar surface area (TPSA) is 70.6 Å². The van der Waals surface area contributed by atoms with Crippen LogP contribution >= 0.6 is 0 Å². The van der Waals surface area contributed by atoms with Gasteiger partial charge in [-0.2, -0.15) is 0 Å². The number of hydroxylamine groups is 2. The predicted molar refractivity (Wildman–Crippen MR) is 93.1 cm³/mol. The first-order valence-electron chi connectivity index (χ1n) is 8.54. The van der Waals surface area contributed by atoms with E-state index in [9.17, 15) is 9.90 Å². The number of rotatable bonds is 5. The van der Waals surface area contributed by atoms with E-state index in [1.807, 2.05) is 56.3 Å². The number of aliphatic hydroxyl groups excluding tert-OH is 1. The smallest absolute Gasteiger partial charge is 0.253 e. The zero-order valence-electron chi connectivity index (χ0n) is 15.7. The van der Waals surface area contributed by atoms with Gasteiger partial charge in [-0.1, -0.05) is 11.8 Å². The van der Waals surface area contributed by atoms with Gasteiger partial charge in [0.05, 0.1) is 19.6 Å². The lowest BCUT2D eigenvalue weighted by Crippen LogP contribution is -2.44. The van der Waals surface area contributed by atoms with Gasteiger partial charge in [0, 0.05) is 19.0 Å². The first kappa shape index (κ1) is 19.4. The quantitative estimate of drug-likeness (QED) is 0.576. The third-order valence-corrected chi connectivity index (χ3v) is 4.18. The number of β-amino-alcohol motifs (C(OH)–C–C–N with tert-alkyl or cyclic N) is 1. The molecule has 0 saturated carbocycles. The minimum Gasteiger partial charge on any atom is -0.389 e. The summed E-state index contributed by atoms with van der Waals surface area (Å²) in [5, 5.41) is 14.7. The van der Waals surface area contributed by atoms with Crippen molar-refractivity contribution >= 4 is 5.91 Å². The monoisotopic (exact) mass is 349 g/mol. The molecule has 1 amide bonds. The number of carbonyl (C=O) groups is 1. The van der Waals surface area contributed by atoms with Crippen molar-refractivity contribution in [2.24, 2.45) is 7.05 Å². The summed E-state index contributed by atoms with van der Waals surface area (Å²) in [5.41, 5.74) is -0.0952. The molecule has 1 saturated heterocycles. The molecule has 1 fully saturated rings. The van der Waals surface area contributed by atoms with Crippen molar-refractivity contribution in [2.75, 3.05) is 13.1 Å². The van der Waals surface area contributed by atoms with Crippen LogP contribution in [0.2, 0.25) is 0 Å². The van der Waals surface area contributed by atoms with Crippen molar-refractivity contribution in [1.82, 2.24) is 14.9 Å². The van der Waals surface area contributed by atoms with Crippen LogP contribution in [0.15, 0.2) is 12.4 Å². The van der Waals surface area contributed by atoms with Crippen LogP contribution < -0.4 is 9.88 Å². The third-order valence-electron chi connectivity index (χ3n) is 4.18. The van der Waals surface area contributed by atoms with Crippen molar-refractivity contribution in [3.05, 3.63) is 18.2 Å². The molecule has 0 spiro atoms. The Labute approximate surface area is 149 Å². The van der Waals surface area contributed by atoms with Crippen molar-refractivity contribution in [1.29, 1.82) is 0 Å². The Kier molecular flexibility index (Phi) is 6.22. The molecule has 0 radical (unpaired) electrons. The molecular formula is C18H29N4O3+. The molecule has 1 aliphatic rings. The van der Waals surface area contributed by atoms with Crippen LogP contribution in [-0.2, 0) is 23.2 Å². The maximum atomic E-state index is 12.0. The molecule has 0 bridgehead atoms. The van der Waals surface area contributed by atoms with Gasteiger partial charge in [-0.25, -0.2) is 14.2 Å². The second kappa shape index (κ2) is 8.00. The molecule has 1 aliphatic heterocycles. The fourth-order valence-corrected chi connectivity index (χ4v) is 2.44. The minimum absolute atomic E-state index is 0.0952. The van der Waals surface area contributed by atoms with E-state index in [1.165, 1.54) is 5.06 Å². The van der Waals surface area contributed by atoms with E-state index in [0.29, 0.717) is 13.1 Å². The van der Waals surface area contributed by atoms with Crippen LogP contribution in [0, 0.1) is 18.8 Å². The zero-order valence-corrected chi connectivity index (χ0v) is 15.7. The van der Waals surface area contributed by atoms with Gasteiger partial charge < -0.3 is 10.4 Å². The molecule has 0 aliphatic carbocycles. The molecule has 2 unspecified atom stereocenters. The number of imidazole rings is 1. The second-order valence-corrected chi connectivity index (χ2v) is 7.41. The Hall–Kier alpha value is -1.88. The molecule has 7 nitrogen and oxygen atoms in total. The third kappa shape index (κ3) is 5.56. The van der Waals surface area contributed by atoms with Crippen molar-refractivity contribution in [2.45, 2.75) is 58.4 Å². The SMILES string of the molecule is Cc1n(CC#CCN2OC(C(O)CNC(C)(C)C)CC2=O)cc[n+]1C. The van der Waals surface area contributed by atoms with E-state index >= 15 is 0 Å². The molecule has 0 aromatic carbocycles. The molecule has 2 rings (SSSR count). The first-order chi connectivity index (χ1) is 11.7. The van der Waals surface area contributed by atoms with Crippen LogP contribution in [0.1, 0.15) is 33.0 Å². The van der Waals surface area contributed by atoms with Gasteiger partial charge in [0.25, 0.3) is 5.82 Å². The fraction of sp³-hybridized carbons (Fsp3) is 0.667. The summed E-state index contributed by atoms with van der Waals surface area (Å²) in [4.78, 5) is 17.6. The molecular weight excluding hydrogens is 320 g/mol. The second-order valence-electron chi connectivity index (χ2n) is 7.41. The summed E-state index contributed by atoms with van der Waals surface area (Å²) in [7, 11) is 1.98. The van der Waals surface area contributed by atoms with Gasteiger partial charge in [-0.05, 0) is 20.8 Å². The van der Waals surface area contributed by atoms with Crippen LogP contribution in [-0.4, -0.2) is 51.5 Å². The highest BCUT2D eigenvalue weighted by Crippen LogP contribution is 2.18. The van der Waals surface area contributed by atoms with Crippen molar-refractivity contribution in [3.63, 3.8) is 0 Å². The molecule has 2 heterocycles. The molecule has 2 atom stereocenters. The number of nitrogens with one attached hydrogen (secondary N) is 1.